The van der Waals surface area contributed by atoms with Crippen LogP contribution in [0.5, 0.6) is 0 Å². The zero-order valence-electron chi connectivity index (χ0n) is 11.0. The second-order valence-electron chi connectivity index (χ2n) is 4.81. The van der Waals surface area contributed by atoms with Crippen LogP contribution in [0.15, 0.2) is 18.2 Å². The average molecular weight is 305 g/mol. The first-order chi connectivity index (χ1) is 8.88. The number of carbonyl (C=O) groups excluding carboxylic acids is 1. The molecule has 0 heterocycles. The Kier molecular flexibility index (Phi) is 5.91. The van der Waals surface area contributed by atoms with Gasteiger partial charge in [-0.25, -0.2) is 4.79 Å². The molecule has 106 valence electrons. The molecular weight excluding hydrogens is 287 g/mol. The fraction of sp³-hybridized carbons (Fsp3) is 0.462. The van der Waals surface area contributed by atoms with Crippen molar-refractivity contribution in [2.45, 2.75) is 19.3 Å². The molecule has 0 aliphatic heterocycles. The molecule has 0 saturated carbocycles. The van der Waals surface area contributed by atoms with Crippen LogP contribution in [0.4, 0.5) is 4.79 Å². The van der Waals surface area contributed by atoms with E-state index in [0.29, 0.717) is 16.6 Å². The van der Waals surface area contributed by atoms with Crippen molar-refractivity contribution < 1.29 is 9.90 Å². The summed E-state index contributed by atoms with van der Waals surface area (Å²) < 4.78 is 0. The smallest absolute Gasteiger partial charge is 0.314 e. The second kappa shape index (κ2) is 6.98. The normalized spacial score (nSPS) is 11.2. The van der Waals surface area contributed by atoms with Crippen LogP contribution < -0.4 is 10.6 Å². The van der Waals surface area contributed by atoms with Crippen LogP contribution in [0.2, 0.25) is 10.0 Å². The number of aliphatic hydroxyl groups is 1. The first-order valence-electron chi connectivity index (χ1n) is 5.95. The fourth-order valence-electron chi connectivity index (χ4n) is 1.77. The predicted octanol–water partition coefficient (Wildman–Crippen LogP) is 2.56. The predicted molar refractivity (Wildman–Crippen MR) is 78.0 cm³/mol. The zero-order chi connectivity index (χ0) is 14.5. The molecule has 0 radical (unpaired) electrons. The Hall–Kier alpha value is -0.970. The van der Waals surface area contributed by atoms with Crippen molar-refractivity contribution in [3.63, 3.8) is 0 Å². The summed E-state index contributed by atoms with van der Waals surface area (Å²) in [7, 11) is 0. The minimum Gasteiger partial charge on any atom is -0.395 e. The summed E-state index contributed by atoms with van der Waals surface area (Å²) in [6.07, 6.45) is 0. The Morgan fingerprint density at radius 2 is 1.84 bits per heavy atom. The number of hydrogen-bond donors (Lipinski definition) is 3. The van der Waals surface area contributed by atoms with E-state index in [2.05, 4.69) is 10.6 Å². The molecule has 0 spiro atoms. The summed E-state index contributed by atoms with van der Waals surface area (Å²) in [5.74, 6) is 0. The van der Waals surface area contributed by atoms with Gasteiger partial charge in [0.25, 0.3) is 0 Å². The van der Waals surface area contributed by atoms with E-state index in [-0.39, 0.29) is 19.2 Å². The lowest BCUT2D eigenvalue weighted by atomic mass is 9.84. The van der Waals surface area contributed by atoms with Gasteiger partial charge in [-0.2, -0.15) is 0 Å². The Balaban J connectivity index is 2.73. The Morgan fingerprint density at radius 3 is 2.37 bits per heavy atom. The van der Waals surface area contributed by atoms with Crippen LogP contribution in [0, 0.1) is 0 Å². The van der Waals surface area contributed by atoms with Gasteiger partial charge in [0.2, 0.25) is 0 Å². The molecule has 0 aliphatic rings. The summed E-state index contributed by atoms with van der Waals surface area (Å²) in [5.41, 5.74) is 0.409. The van der Waals surface area contributed by atoms with Crippen molar-refractivity contribution in [1.29, 1.82) is 0 Å². The first kappa shape index (κ1) is 16.1. The number of urea groups is 1. The van der Waals surface area contributed by atoms with Crippen molar-refractivity contribution in [2.75, 3.05) is 19.7 Å². The molecule has 1 aromatic carbocycles. The first-order valence-corrected chi connectivity index (χ1v) is 6.71. The van der Waals surface area contributed by atoms with E-state index >= 15 is 0 Å². The highest BCUT2D eigenvalue weighted by atomic mass is 35.5. The van der Waals surface area contributed by atoms with E-state index in [1.165, 1.54) is 0 Å². The number of carbonyl (C=O) groups is 1. The van der Waals surface area contributed by atoms with Crippen LogP contribution in [-0.4, -0.2) is 30.8 Å². The van der Waals surface area contributed by atoms with E-state index in [1.807, 2.05) is 13.8 Å². The van der Waals surface area contributed by atoms with Crippen LogP contribution in [0.3, 0.4) is 0 Å². The van der Waals surface area contributed by atoms with Crippen molar-refractivity contribution in [2.24, 2.45) is 0 Å². The minimum atomic E-state index is -0.397. The molecule has 0 fully saturated rings. The van der Waals surface area contributed by atoms with E-state index in [4.69, 9.17) is 28.3 Å². The molecule has 0 atom stereocenters. The highest BCUT2D eigenvalue weighted by Crippen LogP contribution is 2.35. The SMILES string of the molecule is CC(C)(CNC(=O)NCCO)c1c(Cl)cccc1Cl. The maximum Gasteiger partial charge on any atom is 0.314 e. The highest BCUT2D eigenvalue weighted by Gasteiger charge is 2.26. The average Bonchev–Trinajstić information content (AvgIpc) is 2.33. The molecule has 4 nitrogen and oxygen atoms in total. The molecule has 3 N–H and O–H groups in total. The number of halogens is 2. The molecule has 1 aromatic rings. The van der Waals surface area contributed by atoms with E-state index in [1.54, 1.807) is 18.2 Å². The molecule has 0 unspecified atom stereocenters. The van der Waals surface area contributed by atoms with Crippen molar-refractivity contribution in [3.8, 4) is 0 Å². The van der Waals surface area contributed by atoms with Gasteiger partial charge in [-0.1, -0.05) is 43.1 Å². The van der Waals surface area contributed by atoms with Gasteiger partial charge in [-0.15, -0.1) is 0 Å². The Morgan fingerprint density at radius 1 is 1.26 bits per heavy atom. The summed E-state index contributed by atoms with van der Waals surface area (Å²) in [6.45, 7) is 4.42. The lowest BCUT2D eigenvalue weighted by Gasteiger charge is -2.27. The number of nitrogens with one attached hydrogen (secondary N) is 2. The summed E-state index contributed by atoms with van der Waals surface area (Å²) in [4.78, 5) is 11.5. The quantitative estimate of drug-likeness (QED) is 0.783. The summed E-state index contributed by atoms with van der Waals surface area (Å²) >= 11 is 12.3. The minimum absolute atomic E-state index is 0.0901. The highest BCUT2D eigenvalue weighted by molar-refractivity contribution is 6.36. The van der Waals surface area contributed by atoms with Crippen LogP contribution in [-0.2, 0) is 5.41 Å². The fourth-order valence-corrected chi connectivity index (χ4v) is 2.67. The monoisotopic (exact) mass is 304 g/mol. The lowest BCUT2D eigenvalue weighted by molar-refractivity contribution is 0.232. The number of amides is 2. The molecule has 0 bridgehead atoms. The molecule has 2 amide bonds. The molecule has 1 rings (SSSR count). The van der Waals surface area contributed by atoms with E-state index < -0.39 is 5.41 Å². The lowest BCUT2D eigenvalue weighted by Crippen LogP contribution is -2.43. The van der Waals surface area contributed by atoms with Crippen molar-refractivity contribution >= 4 is 29.2 Å². The van der Waals surface area contributed by atoms with Gasteiger partial charge < -0.3 is 15.7 Å². The number of aliphatic hydroxyl groups excluding tert-OH is 1. The van der Waals surface area contributed by atoms with Gasteiger partial charge in [0, 0.05) is 28.5 Å². The maximum atomic E-state index is 11.5. The molecule has 0 aromatic heterocycles. The third-order valence-corrected chi connectivity index (χ3v) is 3.36. The standard InChI is InChI=1S/C13H18Cl2N2O2/c1-13(2,8-17-12(19)16-6-7-18)11-9(14)4-3-5-10(11)15/h3-5,18H,6-8H2,1-2H3,(H2,16,17,19). The summed E-state index contributed by atoms with van der Waals surface area (Å²) in [6, 6.07) is 5.00. The number of benzene rings is 1. The zero-order valence-corrected chi connectivity index (χ0v) is 12.5. The molecular formula is C13H18Cl2N2O2. The largest absolute Gasteiger partial charge is 0.395 e. The van der Waals surface area contributed by atoms with Gasteiger partial charge >= 0.3 is 6.03 Å². The maximum absolute atomic E-state index is 11.5. The van der Waals surface area contributed by atoms with Gasteiger partial charge in [0.15, 0.2) is 0 Å². The summed E-state index contributed by atoms with van der Waals surface area (Å²) in [5, 5.41) is 15.0. The molecule has 19 heavy (non-hydrogen) atoms. The Bertz CT molecular complexity index is 430. The third-order valence-electron chi connectivity index (χ3n) is 2.73. The molecule has 0 aliphatic carbocycles. The van der Waals surface area contributed by atoms with Crippen molar-refractivity contribution in [1.82, 2.24) is 10.6 Å². The third kappa shape index (κ3) is 4.56. The van der Waals surface area contributed by atoms with Crippen LogP contribution >= 0.6 is 23.2 Å². The Labute approximate surface area is 123 Å². The molecule has 6 heteroatoms. The van der Waals surface area contributed by atoms with E-state index in [9.17, 15) is 4.79 Å². The van der Waals surface area contributed by atoms with Crippen LogP contribution in [0.25, 0.3) is 0 Å². The molecule has 0 saturated heterocycles. The second-order valence-corrected chi connectivity index (χ2v) is 5.63. The van der Waals surface area contributed by atoms with Crippen molar-refractivity contribution in [3.05, 3.63) is 33.8 Å². The van der Waals surface area contributed by atoms with Gasteiger partial charge in [0.1, 0.15) is 0 Å². The van der Waals surface area contributed by atoms with Gasteiger partial charge in [-0.05, 0) is 17.7 Å². The van der Waals surface area contributed by atoms with Gasteiger partial charge in [-0.3, -0.25) is 0 Å². The van der Waals surface area contributed by atoms with Gasteiger partial charge in [0.05, 0.1) is 6.61 Å². The number of rotatable bonds is 5. The van der Waals surface area contributed by atoms with E-state index in [0.717, 1.165) is 5.56 Å². The van der Waals surface area contributed by atoms with Crippen LogP contribution in [0.1, 0.15) is 19.4 Å². The topological polar surface area (TPSA) is 61.4 Å². The number of hydrogen-bond acceptors (Lipinski definition) is 2.